The van der Waals surface area contributed by atoms with E-state index in [-0.39, 0.29) is 6.04 Å². The van der Waals surface area contributed by atoms with Crippen LogP contribution in [0.2, 0.25) is 0 Å². The lowest BCUT2D eigenvalue weighted by molar-refractivity contribution is 0.750. The van der Waals surface area contributed by atoms with Crippen molar-refractivity contribution in [2.24, 2.45) is 4.99 Å². The van der Waals surface area contributed by atoms with Crippen LogP contribution in [-0.4, -0.2) is 20.8 Å². The first-order valence-corrected chi connectivity index (χ1v) is 15.3. The van der Waals surface area contributed by atoms with Crippen molar-refractivity contribution in [3.05, 3.63) is 181 Å². The van der Waals surface area contributed by atoms with E-state index in [2.05, 4.69) is 112 Å². The minimum absolute atomic E-state index is 0.0697. The Balaban J connectivity index is 1.25. The van der Waals surface area contributed by atoms with Gasteiger partial charge in [0.05, 0.1) is 23.1 Å². The quantitative estimate of drug-likeness (QED) is 0.209. The molecule has 7 aromatic rings. The molecule has 0 spiro atoms. The fraction of sp³-hybridized carbons (Fsp3) is 0.0244. The standard InChI is InChI=1S/C41H29N5/c1-3-9-28(10-4-1)31-14-16-37-36(26-31)40(30-11-5-2-6-12-30)46-41(45-37)35-24-33(29-18-21-42-22-19-29)23-34(25-35)32-15-17-39(44-27-32)38-13-7-8-20-43-38/h1-27,40H,(H,45,46). The molecule has 1 N–H and O–H groups in total. The van der Waals surface area contributed by atoms with Crippen LogP contribution in [0.1, 0.15) is 22.7 Å². The molecule has 1 aliphatic heterocycles. The van der Waals surface area contributed by atoms with Crippen molar-refractivity contribution in [1.82, 2.24) is 20.3 Å². The van der Waals surface area contributed by atoms with Gasteiger partial charge in [0.1, 0.15) is 5.84 Å². The third-order valence-corrected chi connectivity index (χ3v) is 8.34. The van der Waals surface area contributed by atoms with Gasteiger partial charge in [-0.2, -0.15) is 0 Å². The van der Waals surface area contributed by atoms with Gasteiger partial charge in [0.25, 0.3) is 0 Å². The number of fused-ring (bicyclic) bond motifs is 1. The van der Waals surface area contributed by atoms with E-state index in [4.69, 9.17) is 9.98 Å². The van der Waals surface area contributed by atoms with E-state index in [1.54, 1.807) is 6.20 Å². The van der Waals surface area contributed by atoms with E-state index in [9.17, 15) is 0 Å². The van der Waals surface area contributed by atoms with Gasteiger partial charge in [-0.3, -0.25) is 15.0 Å². The first-order valence-electron chi connectivity index (χ1n) is 15.3. The van der Waals surface area contributed by atoms with Crippen LogP contribution >= 0.6 is 0 Å². The lowest BCUT2D eigenvalue weighted by atomic mass is 9.91. The molecule has 0 saturated heterocycles. The molecule has 218 valence electrons. The molecule has 3 aromatic heterocycles. The van der Waals surface area contributed by atoms with Gasteiger partial charge in [-0.05, 0) is 94.0 Å². The maximum absolute atomic E-state index is 5.22. The highest BCUT2D eigenvalue weighted by Gasteiger charge is 2.25. The van der Waals surface area contributed by atoms with Gasteiger partial charge in [0.2, 0.25) is 0 Å². The first kappa shape index (κ1) is 27.4. The van der Waals surface area contributed by atoms with Gasteiger partial charge in [0.15, 0.2) is 0 Å². The molecule has 5 heteroatoms. The Kier molecular flexibility index (Phi) is 7.17. The summed E-state index contributed by atoms with van der Waals surface area (Å²) in [6.45, 7) is 0. The van der Waals surface area contributed by atoms with Crippen molar-refractivity contribution in [2.45, 2.75) is 6.04 Å². The zero-order chi connectivity index (χ0) is 30.7. The zero-order valence-corrected chi connectivity index (χ0v) is 25.0. The summed E-state index contributed by atoms with van der Waals surface area (Å²) in [5, 5.41) is 3.82. The third kappa shape index (κ3) is 5.46. The molecule has 4 heterocycles. The van der Waals surface area contributed by atoms with Crippen molar-refractivity contribution < 1.29 is 0 Å². The van der Waals surface area contributed by atoms with Crippen molar-refractivity contribution in [3.63, 3.8) is 0 Å². The van der Waals surface area contributed by atoms with Crippen LogP contribution in [0.4, 0.5) is 5.69 Å². The van der Waals surface area contributed by atoms with E-state index in [0.29, 0.717) is 0 Å². The molecule has 4 aromatic carbocycles. The number of aliphatic imine (C=N–C) groups is 1. The fourth-order valence-corrected chi connectivity index (χ4v) is 5.99. The molecule has 0 amide bonds. The highest BCUT2D eigenvalue weighted by Crippen LogP contribution is 2.38. The fourth-order valence-electron chi connectivity index (χ4n) is 5.99. The number of amidine groups is 1. The molecule has 46 heavy (non-hydrogen) atoms. The third-order valence-electron chi connectivity index (χ3n) is 8.34. The van der Waals surface area contributed by atoms with Crippen LogP contribution in [0.25, 0.3) is 44.8 Å². The number of benzene rings is 4. The Bertz CT molecular complexity index is 2150. The summed E-state index contributed by atoms with van der Waals surface area (Å²) in [7, 11) is 0. The lowest BCUT2D eigenvalue weighted by Gasteiger charge is -2.29. The molecule has 0 radical (unpaired) electrons. The van der Waals surface area contributed by atoms with Crippen LogP contribution in [0.15, 0.2) is 169 Å². The van der Waals surface area contributed by atoms with E-state index < -0.39 is 0 Å². The highest BCUT2D eigenvalue weighted by atomic mass is 15.1. The Labute approximate surface area is 268 Å². The smallest absolute Gasteiger partial charge is 0.134 e. The van der Waals surface area contributed by atoms with E-state index in [1.165, 1.54) is 16.7 Å². The predicted octanol–water partition coefficient (Wildman–Crippen LogP) is 9.31. The average molecular weight is 592 g/mol. The van der Waals surface area contributed by atoms with Gasteiger partial charge in [-0.1, -0.05) is 78.9 Å². The second-order valence-corrected chi connectivity index (χ2v) is 11.3. The van der Waals surface area contributed by atoms with Crippen LogP contribution in [-0.2, 0) is 0 Å². The van der Waals surface area contributed by atoms with E-state index >= 15 is 0 Å². The molecule has 1 unspecified atom stereocenters. The number of hydrogen-bond donors (Lipinski definition) is 1. The molecule has 1 atom stereocenters. The van der Waals surface area contributed by atoms with Gasteiger partial charge in [0, 0.05) is 41.5 Å². The minimum Gasteiger partial charge on any atom is -0.359 e. The number of rotatable bonds is 6. The summed E-state index contributed by atoms with van der Waals surface area (Å²) in [6.07, 6.45) is 7.36. The normalized spacial score (nSPS) is 13.7. The molecular formula is C41H29N5. The van der Waals surface area contributed by atoms with Crippen molar-refractivity contribution in [2.75, 3.05) is 0 Å². The molecule has 5 nitrogen and oxygen atoms in total. The highest BCUT2D eigenvalue weighted by molar-refractivity contribution is 6.04. The van der Waals surface area contributed by atoms with Gasteiger partial charge >= 0.3 is 0 Å². The van der Waals surface area contributed by atoms with Crippen molar-refractivity contribution in [1.29, 1.82) is 0 Å². The monoisotopic (exact) mass is 591 g/mol. The summed E-state index contributed by atoms with van der Waals surface area (Å²) in [6, 6.07) is 48.2. The lowest BCUT2D eigenvalue weighted by Crippen LogP contribution is -2.32. The zero-order valence-electron chi connectivity index (χ0n) is 25.0. The molecule has 1 aliphatic rings. The maximum Gasteiger partial charge on any atom is 0.134 e. The van der Waals surface area contributed by atoms with Crippen LogP contribution < -0.4 is 5.32 Å². The van der Waals surface area contributed by atoms with Gasteiger partial charge in [-0.25, -0.2) is 4.99 Å². The molecule has 0 aliphatic carbocycles. The van der Waals surface area contributed by atoms with Gasteiger partial charge in [-0.15, -0.1) is 0 Å². The van der Waals surface area contributed by atoms with Gasteiger partial charge < -0.3 is 5.32 Å². The SMILES string of the molecule is c1ccc(-c2ccc3c(c2)C(c2ccccc2)NC(c2cc(-c4ccncc4)cc(-c4ccc(-c5ccccn5)nc4)c2)=N3)cc1. The van der Waals surface area contributed by atoms with Crippen molar-refractivity contribution in [3.8, 4) is 44.8 Å². The Hall–Kier alpha value is -6.20. The minimum atomic E-state index is -0.0697. The molecule has 0 saturated carbocycles. The molecule has 0 bridgehead atoms. The largest absolute Gasteiger partial charge is 0.359 e. The summed E-state index contributed by atoms with van der Waals surface area (Å²) in [5.74, 6) is 0.823. The predicted molar refractivity (Wildman–Crippen MR) is 186 cm³/mol. The summed E-state index contributed by atoms with van der Waals surface area (Å²) in [5.41, 5.74) is 12.6. The Morgan fingerprint density at radius 3 is 1.87 bits per heavy atom. The molecule has 8 rings (SSSR count). The van der Waals surface area contributed by atoms with E-state index in [1.807, 2.05) is 61.1 Å². The average Bonchev–Trinajstić information content (AvgIpc) is 3.15. The second-order valence-electron chi connectivity index (χ2n) is 11.3. The van der Waals surface area contributed by atoms with Crippen LogP contribution in [0.3, 0.4) is 0 Å². The second kappa shape index (κ2) is 12.1. The number of nitrogens with one attached hydrogen (secondary N) is 1. The Morgan fingerprint density at radius 2 is 1.13 bits per heavy atom. The van der Waals surface area contributed by atoms with Crippen LogP contribution in [0.5, 0.6) is 0 Å². The van der Waals surface area contributed by atoms with Crippen LogP contribution in [0, 0.1) is 0 Å². The topological polar surface area (TPSA) is 63.1 Å². The Morgan fingerprint density at radius 1 is 0.457 bits per heavy atom. The first-order chi connectivity index (χ1) is 22.8. The summed E-state index contributed by atoms with van der Waals surface area (Å²) < 4.78 is 0. The summed E-state index contributed by atoms with van der Waals surface area (Å²) >= 11 is 0. The number of pyridine rings is 3. The van der Waals surface area contributed by atoms with Crippen molar-refractivity contribution >= 4 is 11.5 Å². The molecular weight excluding hydrogens is 562 g/mol. The maximum atomic E-state index is 5.22. The summed E-state index contributed by atoms with van der Waals surface area (Å²) in [4.78, 5) is 18.7. The number of nitrogens with zero attached hydrogens (tertiary/aromatic N) is 4. The number of aromatic nitrogens is 3. The number of hydrogen-bond acceptors (Lipinski definition) is 5. The van der Waals surface area contributed by atoms with E-state index in [0.717, 1.165) is 56.3 Å². The molecule has 0 fully saturated rings.